The van der Waals surface area contributed by atoms with E-state index >= 15 is 0 Å². The fourth-order valence-electron chi connectivity index (χ4n) is 0.463. The van der Waals surface area contributed by atoms with Crippen LogP contribution in [0.5, 0.6) is 0 Å². The van der Waals surface area contributed by atoms with Crippen LogP contribution in [0.15, 0.2) is 0 Å². The minimum atomic E-state index is -0.201. The highest BCUT2D eigenvalue weighted by Gasteiger charge is 2.06. The van der Waals surface area contributed by atoms with Crippen LogP contribution >= 0.6 is 0 Å². The third-order valence-corrected chi connectivity index (χ3v) is 1.07. The SMILES string of the molecule is CC(=O)OCC[N+](C)(C)C.[CH3-]. The summed E-state index contributed by atoms with van der Waals surface area (Å²) in [7, 11) is 6.18. The van der Waals surface area contributed by atoms with Gasteiger partial charge in [-0.1, -0.05) is 0 Å². The summed E-state index contributed by atoms with van der Waals surface area (Å²) in [6, 6.07) is 0. The predicted octanol–water partition coefficient (Wildman–Crippen LogP) is 0.706. The summed E-state index contributed by atoms with van der Waals surface area (Å²) in [5, 5.41) is 0. The molecule has 0 saturated heterocycles. The first-order chi connectivity index (χ1) is 4.42. The number of quaternary nitrogens is 1. The standard InChI is InChI=1S/C7H16NO2.CH3/c1-7(9)10-6-5-8(2,3)4;/h5-6H2,1-4H3;1H3/q+1;-1. The molecule has 68 valence electrons. The summed E-state index contributed by atoms with van der Waals surface area (Å²) in [5.74, 6) is -0.201. The number of carbonyl (C=O) groups is 1. The molecule has 0 aromatic carbocycles. The second kappa shape index (κ2) is 5.13. The number of nitrogens with zero attached hydrogens (tertiary/aromatic N) is 1. The van der Waals surface area contributed by atoms with Crippen LogP contribution in [0.2, 0.25) is 0 Å². The lowest BCUT2D eigenvalue weighted by atomic mass is 10.5. The van der Waals surface area contributed by atoms with Crippen LogP contribution in [0.4, 0.5) is 0 Å². The van der Waals surface area contributed by atoms with Crippen molar-refractivity contribution in [2.45, 2.75) is 6.92 Å². The Labute approximate surface area is 69.5 Å². The molecule has 0 aromatic heterocycles. The van der Waals surface area contributed by atoms with Gasteiger partial charge >= 0.3 is 5.97 Å². The number of likely N-dealkylation sites (N-methyl/N-ethyl adjacent to an activating group) is 1. The minimum absolute atomic E-state index is 0. The van der Waals surface area contributed by atoms with Gasteiger partial charge in [-0.25, -0.2) is 0 Å². The van der Waals surface area contributed by atoms with Gasteiger partial charge in [0.15, 0.2) is 0 Å². The Hall–Kier alpha value is -0.570. The molecule has 0 aliphatic carbocycles. The van der Waals surface area contributed by atoms with Crippen molar-refractivity contribution in [1.29, 1.82) is 0 Å². The molecular weight excluding hydrogens is 142 g/mol. The van der Waals surface area contributed by atoms with Gasteiger partial charge in [-0.3, -0.25) is 4.79 Å². The van der Waals surface area contributed by atoms with Crippen molar-refractivity contribution in [2.24, 2.45) is 0 Å². The van der Waals surface area contributed by atoms with Crippen molar-refractivity contribution < 1.29 is 14.0 Å². The molecule has 0 amide bonds. The van der Waals surface area contributed by atoms with Gasteiger partial charge in [-0.05, 0) is 0 Å². The zero-order valence-electron chi connectivity index (χ0n) is 8.18. The molecule has 0 aliphatic heterocycles. The van der Waals surface area contributed by atoms with E-state index in [4.69, 9.17) is 4.74 Å². The number of carbonyl (C=O) groups excluding carboxylic acids is 1. The smallest absolute Gasteiger partial charge is 0.302 e. The van der Waals surface area contributed by atoms with Crippen molar-refractivity contribution >= 4 is 5.97 Å². The average Bonchev–Trinajstić information content (AvgIpc) is 1.59. The van der Waals surface area contributed by atoms with Gasteiger partial charge in [0.2, 0.25) is 0 Å². The maximum Gasteiger partial charge on any atom is 0.302 e. The van der Waals surface area contributed by atoms with E-state index in [1.54, 1.807) is 0 Å². The number of esters is 1. The third-order valence-electron chi connectivity index (χ3n) is 1.07. The van der Waals surface area contributed by atoms with E-state index in [1.807, 2.05) is 0 Å². The lowest BCUT2D eigenvalue weighted by Crippen LogP contribution is -2.37. The van der Waals surface area contributed by atoms with Crippen LogP contribution in [-0.2, 0) is 9.53 Å². The molecule has 0 N–H and O–H groups in total. The van der Waals surface area contributed by atoms with Crippen LogP contribution in [-0.4, -0.2) is 44.7 Å². The number of ether oxygens (including phenoxy) is 1. The molecule has 0 heterocycles. The Balaban J connectivity index is 0. The Kier molecular flexibility index (Phi) is 6.09. The molecule has 11 heavy (non-hydrogen) atoms. The van der Waals surface area contributed by atoms with E-state index < -0.39 is 0 Å². The maximum atomic E-state index is 10.3. The highest BCUT2D eigenvalue weighted by Crippen LogP contribution is 1.88. The molecular formula is C8H19NO2. The van der Waals surface area contributed by atoms with Crippen molar-refractivity contribution in [2.75, 3.05) is 34.3 Å². The number of hydrogen-bond donors (Lipinski definition) is 0. The summed E-state index contributed by atoms with van der Waals surface area (Å²) in [6.07, 6.45) is 0. The second-order valence-corrected chi connectivity index (χ2v) is 3.35. The highest BCUT2D eigenvalue weighted by atomic mass is 16.5. The van der Waals surface area contributed by atoms with Gasteiger partial charge in [0.1, 0.15) is 13.2 Å². The van der Waals surface area contributed by atoms with E-state index in [0.717, 1.165) is 11.0 Å². The van der Waals surface area contributed by atoms with E-state index in [9.17, 15) is 4.79 Å². The summed E-state index contributed by atoms with van der Waals surface area (Å²) in [5.41, 5.74) is 0. The topological polar surface area (TPSA) is 26.3 Å². The first kappa shape index (κ1) is 13.1. The normalized spacial score (nSPS) is 10.2. The van der Waals surface area contributed by atoms with Gasteiger partial charge in [0, 0.05) is 6.92 Å². The lowest BCUT2D eigenvalue weighted by Gasteiger charge is -2.23. The quantitative estimate of drug-likeness (QED) is 0.346. The van der Waals surface area contributed by atoms with Crippen molar-refractivity contribution in [3.05, 3.63) is 7.43 Å². The second-order valence-electron chi connectivity index (χ2n) is 3.35. The first-order valence-electron chi connectivity index (χ1n) is 3.35. The average molecular weight is 161 g/mol. The zero-order chi connectivity index (χ0) is 8.20. The molecule has 3 heteroatoms. The molecule has 0 aliphatic rings. The van der Waals surface area contributed by atoms with Gasteiger partial charge in [-0.2, -0.15) is 0 Å². The van der Waals surface area contributed by atoms with Gasteiger partial charge in [0.25, 0.3) is 0 Å². The summed E-state index contributed by atoms with van der Waals surface area (Å²) < 4.78 is 5.59. The van der Waals surface area contributed by atoms with Crippen molar-refractivity contribution in [3.63, 3.8) is 0 Å². The maximum absolute atomic E-state index is 10.3. The molecule has 0 saturated carbocycles. The molecule has 0 bridgehead atoms. The third kappa shape index (κ3) is 12.6. The zero-order valence-corrected chi connectivity index (χ0v) is 8.18. The van der Waals surface area contributed by atoms with Crippen molar-refractivity contribution in [1.82, 2.24) is 0 Å². The molecule has 3 nitrogen and oxygen atoms in total. The van der Waals surface area contributed by atoms with Crippen LogP contribution in [0.3, 0.4) is 0 Å². The largest absolute Gasteiger partial charge is 0.460 e. The van der Waals surface area contributed by atoms with E-state index in [2.05, 4.69) is 21.1 Å². The Morgan fingerprint density at radius 3 is 2.09 bits per heavy atom. The molecule has 0 aromatic rings. The van der Waals surface area contributed by atoms with Gasteiger partial charge in [0.05, 0.1) is 21.1 Å². The van der Waals surface area contributed by atoms with Crippen molar-refractivity contribution in [3.8, 4) is 0 Å². The first-order valence-corrected chi connectivity index (χ1v) is 3.35. The van der Waals surface area contributed by atoms with Crippen LogP contribution in [0.25, 0.3) is 0 Å². The monoisotopic (exact) mass is 161 g/mol. The molecule has 0 spiro atoms. The molecule has 0 unspecified atom stereocenters. The van der Waals surface area contributed by atoms with Gasteiger partial charge in [-0.15, -0.1) is 0 Å². The Morgan fingerprint density at radius 1 is 1.36 bits per heavy atom. The summed E-state index contributed by atoms with van der Waals surface area (Å²) >= 11 is 0. The van der Waals surface area contributed by atoms with E-state index in [0.29, 0.717) is 6.61 Å². The van der Waals surface area contributed by atoms with Crippen LogP contribution in [0.1, 0.15) is 6.92 Å². The molecule has 0 fully saturated rings. The minimum Gasteiger partial charge on any atom is -0.460 e. The van der Waals surface area contributed by atoms with Crippen LogP contribution < -0.4 is 0 Å². The number of rotatable bonds is 3. The molecule has 0 radical (unpaired) electrons. The molecule has 0 atom stereocenters. The Bertz CT molecular complexity index is 116. The van der Waals surface area contributed by atoms with E-state index in [-0.39, 0.29) is 13.4 Å². The van der Waals surface area contributed by atoms with E-state index in [1.165, 1.54) is 6.92 Å². The summed E-state index contributed by atoms with van der Waals surface area (Å²) in [6.45, 7) is 2.80. The van der Waals surface area contributed by atoms with Gasteiger partial charge < -0.3 is 16.6 Å². The molecule has 0 rings (SSSR count). The number of hydrogen-bond acceptors (Lipinski definition) is 2. The van der Waals surface area contributed by atoms with Crippen LogP contribution in [0, 0.1) is 7.43 Å². The summed E-state index contributed by atoms with van der Waals surface area (Å²) in [4.78, 5) is 10.3. The Morgan fingerprint density at radius 2 is 1.82 bits per heavy atom. The predicted molar refractivity (Wildman–Crippen MR) is 45.9 cm³/mol. The lowest BCUT2D eigenvalue weighted by molar-refractivity contribution is -0.870. The fourth-order valence-corrected chi connectivity index (χ4v) is 0.463. The fraction of sp³-hybridized carbons (Fsp3) is 0.750. The highest BCUT2D eigenvalue weighted by molar-refractivity contribution is 5.65.